The number of nitrogens with zero attached hydrogens (tertiary/aromatic N) is 3. The summed E-state index contributed by atoms with van der Waals surface area (Å²) in [7, 11) is 0. The van der Waals surface area contributed by atoms with Gasteiger partial charge in [0, 0.05) is 13.1 Å². The molecule has 0 aliphatic carbocycles. The number of hydrogen-bond acceptors (Lipinski definition) is 4. The Morgan fingerprint density at radius 1 is 1.06 bits per heavy atom. The zero-order valence-corrected chi connectivity index (χ0v) is 18.6. The van der Waals surface area contributed by atoms with E-state index in [0.717, 1.165) is 36.3 Å². The van der Waals surface area contributed by atoms with Gasteiger partial charge in [-0.05, 0) is 50.1 Å². The molecule has 5 nitrogen and oxygen atoms in total. The molecule has 6 heteroatoms. The minimum absolute atomic E-state index is 0.166. The molecule has 1 N–H and O–H groups in total. The summed E-state index contributed by atoms with van der Waals surface area (Å²) in [5.74, 6) is 0.262. The molecule has 0 amide bonds. The maximum absolute atomic E-state index is 14.4. The molecule has 1 aromatic heterocycles. The second kappa shape index (κ2) is 11.1. The van der Waals surface area contributed by atoms with Crippen molar-refractivity contribution in [3.05, 3.63) is 71.7 Å². The smallest absolute Gasteiger partial charge is 0.227 e. The molecular formula is C25H32FN3O2. The van der Waals surface area contributed by atoms with E-state index >= 15 is 0 Å². The molecule has 0 bridgehead atoms. The highest BCUT2D eigenvalue weighted by atomic mass is 19.1. The summed E-state index contributed by atoms with van der Waals surface area (Å²) in [6.45, 7) is 8.14. The number of rotatable bonds is 11. The highest BCUT2D eigenvalue weighted by Gasteiger charge is 2.23. The fourth-order valence-electron chi connectivity index (χ4n) is 3.60. The summed E-state index contributed by atoms with van der Waals surface area (Å²) in [5, 5.41) is 15.1. The minimum Gasteiger partial charge on any atom is -0.435 e. The van der Waals surface area contributed by atoms with Crippen molar-refractivity contribution >= 4 is 0 Å². The molecule has 31 heavy (non-hydrogen) atoms. The Morgan fingerprint density at radius 2 is 1.77 bits per heavy atom. The van der Waals surface area contributed by atoms with Gasteiger partial charge >= 0.3 is 0 Å². The number of para-hydroxylation sites is 2. The third-order valence-corrected chi connectivity index (χ3v) is 5.26. The molecule has 0 fully saturated rings. The Morgan fingerprint density at radius 3 is 2.42 bits per heavy atom. The quantitative estimate of drug-likeness (QED) is 0.450. The van der Waals surface area contributed by atoms with E-state index in [0.29, 0.717) is 25.4 Å². The zero-order chi connectivity index (χ0) is 22.2. The van der Waals surface area contributed by atoms with Crippen LogP contribution in [0.25, 0.3) is 5.69 Å². The Hall–Kier alpha value is -2.70. The number of aliphatic hydroxyl groups is 1. The Labute approximate surface area is 184 Å². The van der Waals surface area contributed by atoms with Gasteiger partial charge in [-0.1, -0.05) is 51.1 Å². The predicted molar refractivity (Wildman–Crippen MR) is 121 cm³/mol. The van der Waals surface area contributed by atoms with Crippen LogP contribution in [0.2, 0.25) is 0 Å². The van der Waals surface area contributed by atoms with Crippen LogP contribution >= 0.6 is 0 Å². The van der Waals surface area contributed by atoms with E-state index in [-0.39, 0.29) is 5.75 Å². The largest absolute Gasteiger partial charge is 0.435 e. The molecule has 3 rings (SSSR count). The lowest BCUT2D eigenvalue weighted by molar-refractivity contribution is 0.105. The van der Waals surface area contributed by atoms with E-state index in [1.165, 1.54) is 6.07 Å². The topological polar surface area (TPSA) is 50.5 Å². The average molecular weight is 426 g/mol. The molecule has 0 aliphatic heterocycles. The van der Waals surface area contributed by atoms with E-state index in [1.807, 2.05) is 37.3 Å². The number of hydrogen-bond donors (Lipinski definition) is 1. The Balaban J connectivity index is 2.07. The van der Waals surface area contributed by atoms with Gasteiger partial charge in [-0.2, -0.15) is 5.10 Å². The van der Waals surface area contributed by atoms with Crippen molar-refractivity contribution in [1.82, 2.24) is 14.7 Å². The van der Waals surface area contributed by atoms with Crippen molar-refractivity contribution < 1.29 is 14.2 Å². The van der Waals surface area contributed by atoms with Gasteiger partial charge < -0.3 is 9.84 Å². The van der Waals surface area contributed by atoms with Crippen LogP contribution < -0.4 is 4.74 Å². The lowest BCUT2D eigenvalue weighted by atomic mass is 10.1. The average Bonchev–Trinajstić information content (AvgIpc) is 3.13. The second-order valence-corrected chi connectivity index (χ2v) is 7.66. The fourth-order valence-corrected chi connectivity index (χ4v) is 3.60. The van der Waals surface area contributed by atoms with Crippen LogP contribution in [0.3, 0.4) is 0 Å². The Bertz CT molecular complexity index is 959. The molecule has 2 aromatic carbocycles. The van der Waals surface area contributed by atoms with Crippen LogP contribution in [-0.2, 0) is 13.0 Å². The maximum Gasteiger partial charge on any atom is 0.227 e. The number of aliphatic hydroxyl groups excluding tert-OH is 1. The lowest BCUT2D eigenvalue weighted by Crippen LogP contribution is -2.32. The molecule has 0 saturated heterocycles. The van der Waals surface area contributed by atoms with Gasteiger partial charge in [0.25, 0.3) is 0 Å². The third-order valence-electron chi connectivity index (χ3n) is 5.26. The SMILES string of the molecule is CCCN(Cc1c(CC)nn(-c2ccccc2)c1Oc1ccccc1F)C[C@@H](O)CC. The maximum atomic E-state index is 14.4. The first-order valence-electron chi connectivity index (χ1n) is 11.1. The molecule has 0 saturated carbocycles. The molecule has 1 heterocycles. The number of benzene rings is 2. The highest BCUT2D eigenvalue weighted by Crippen LogP contribution is 2.33. The van der Waals surface area contributed by atoms with Crippen molar-refractivity contribution in [3.8, 4) is 17.3 Å². The van der Waals surface area contributed by atoms with E-state index < -0.39 is 11.9 Å². The molecule has 1 atom stereocenters. The molecule has 0 aliphatic rings. The summed E-state index contributed by atoms with van der Waals surface area (Å²) >= 11 is 0. The van der Waals surface area contributed by atoms with Crippen LogP contribution in [0, 0.1) is 5.82 Å². The van der Waals surface area contributed by atoms with Crippen molar-refractivity contribution in [3.63, 3.8) is 0 Å². The number of aryl methyl sites for hydroxylation is 1. The van der Waals surface area contributed by atoms with E-state index in [9.17, 15) is 9.50 Å². The fraction of sp³-hybridized carbons (Fsp3) is 0.400. The summed E-state index contributed by atoms with van der Waals surface area (Å²) in [5.41, 5.74) is 2.68. The van der Waals surface area contributed by atoms with Crippen LogP contribution in [0.5, 0.6) is 11.6 Å². The second-order valence-electron chi connectivity index (χ2n) is 7.66. The van der Waals surface area contributed by atoms with Gasteiger partial charge in [0.2, 0.25) is 5.88 Å². The molecular weight excluding hydrogens is 393 g/mol. The van der Waals surface area contributed by atoms with Gasteiger partial charge in [-0.15, -0.1) is 0 Å². The number of aromatic nitrogens is 2. The standard InChI is InChI=1S/C25H32FN3O2/c1-4-16-28(17-20(30)5-2)18-21-23(6-3)27-29(19-12-8-7-9-13-19)25(21)31-24-15-11-10-14-22(24)26/h7-15,20,30H,4-6,16-18H2,1-3H3/t20-/m0/s1. The Kier molecular flexibility index (Phi) is 8.20. The zero-order valence-electron chi connectivity index (χ0n) is 18.6. The van der Waals surface area contributed by atoms with Crippen molar-refractivity contribution in [2.75, 3.05) is 13.1 Å². The number of halogens is 1. The van der Waals surface area contributed by atoms with Crippen molar-refractivity contribution in [2.45, 2.75) is 52.7 Å². The molecule has 0 radical (unpaired) electrons. The predicted octanol–water partition coefficient (Wildman–Crippen LogP) is 5.35. The summed E-state index contributed by atoms with van der Waals surface area (Å²) in [6, 6.07) is 16.1. The minimum atomic E-state index is -0.417. The molecule has 3 aromatic rings. The highest BCUT2D eigenvalue weighted by molar-refractivity contribution is 5.44. The normalized spacial score (nSPS) is 12.3. The van der Waals surface area contributed by atoms with Gasteiger partial charge in [-0.3, -0.25) is 4.90 Å². The first-order valence-corrected chi connectivity index (χ1v) is 11.1. The first-order chi connectivity index (χ1) is 15.1. The van der Waals surface area contributed by atoms with Gasteiger partial charge in [0.1, 0.15) is 0 Å². The van der Waals surface area contributed by atoms with E-state index in [2.05, 4.69) is 18.7 Å². The van der Waals surface area contributed by atoms with Crippen LogP contribution in [0.1, 0.15) is 44.9 Å². The van der Waals surface area contributed by atoms with Crippen molar-refractivity contribution in [1.29, 1.82) is 0 Å². The van der Waals surface area contributed by atoms with Gasteiger partial charge in [0.05, 0.1) is 23.0 Å². The van der Waals surface area contributed by atoms with Crippen LogP contribution in [0.15, 0.2) is 54.6 Å². The molecule has 0 unspecified atom stereocenters. The summed E-state index contributed by atoms with van der Waals surface area (Å²) < 4.78 is 22.3. The third kappa shape index (κ3) is 5.71. The lowest BCUT2D eigenvalue weighted by Gasteiger charge is -2.24. The van der Waals surface area contributed by atoms with Crippen LogP contribution in [0.4, 0.5) is 4.39 Å². The first kappa shape index (κ1) is 23.0. The van der Waals surface area contributed by atoms with Gasteiger partial charge in [0.15, 0.2) is 11.6 Å². The monoisotopic (exact) mass is 425 g/mol. The van der Waals surface area contributed by atoms with E-state index in [4.69, 9.17) is 9.84 Å². The summed E-state index contributed by atoms with van der Waals surface area (Å²) in [4.78, 5) is 2.22. The molecule has 0 spiro atoms. The summed E-state index contributed by atoms with van der Waals surface area (Å²) in [6.07, 6.45) is 1.99. The molecule has 166 valence electrons. The van der Waals surface area contributed by atoms with Crippen LogP contribution in [-0.4, -0.2) is 39.0 Å². The van der Waals surface area contributed by atoms with E-state index in [1.54, 1.807) is 22.9 Å². The van der Waals surface area contributed by atoms with Gasteiger partial charge in [-0.25, -0.2) is 9.07 Å². The van der Waals surface area contributed by atoms with Crippen molar-refractivity contribution in [2.24, 2.45) is 0 Å². The number of ether oxygens (including phenoxy) is 1.